The van der Waals surface area contributed by atoms with Gasteiger partial charge in [-0.15, -0.1) is 0 Å². The summed E-state index contributed by atoms with van der Waals surface area (Å²) in [4.78, 5) is 29.9. The molecule has 3 aliphatic rings. The van der Waals surface area contributed by atoms with Crippen molar-refractivity contribution in [1.29, 1.82) is 0 Å². The number of hydrogen-bond acceptors (Lipinski definition) is 4. The van der Waals surface area contributed by atoms with E-state index >= 15 is 0 Å². The lowest BCUT2D eigenvalue weighted by molar-refractivity contribution is -0.139. The number of dihydropyridines is 1. The highest BCUT2D eigenvalue weighted by atomic mass is 35.5. The van der Waals surface area contributed by atoms with Crippen molar-refractivity contribution in [3.63, 3.8) is 0 Å². The third-order valence-corrected chi connectivity index (χ3v) is 8.88. The molecule has 2 heterocycles. The maximum Gasteiger partial charge on any atom is 0.223 e. The Morgan fingerprint density at radius 2 is 1.71 bits per heavy atom. The second-order valence-corrected chi connectivity index (χ2v) is 12.2. The van der Waals surface area contributed by atoms with E-state index in [1.165, 1.54) is 11.3 Å². The topological polar surface area (TPSA) is 78.7 Å². The number of nitrogens with one attached hydrogen (secondary N) is 1. The monoisotopic (exact) mass is 540 g/mol. The van der Waals surface area contributed by atoms with E-state index in [2.05, 4.69) is 59.3 Å². The Balaban J connectivity index is 1.45. The van der Waals surface area contributed by atoms with Crippen molar-refractivity contribution in [2.45, 2.75) is 77.3 Å². The molecule has 4 rings (SSSR count). The standard InChI is InChI=1S/C31H45ClN4O2/c1-22(2)28-21-35(31(27-9-5-6-16-34-27)25-12-14-26(32)15-13-25)17-18-36(28)30(38)20-24-8-4-3-7-23(10-11-24)19-29(33)37/h5-6,9,12-15,22-24,28,31,34H,3-4,7-8,10-11,16-21H2,1-2H3,(H2,33,37)/t23?,24?,28-,31?/m1/s1. The second kappa shape index (κ2) is 13.7. The number of carbonyl (C=O) groups excluding carboxylic acids is 2. The summed E-state index contributed by atoms with van der Waals surface area (Å²) < 4.78 is 0. The molecule has 1 aromatic carbocycles. The molecule has 1 saturated heterocycles. The van der Waals surface area contributed by atoms with Gasteiger partial charge in [-0.05, 0) is 67.2 Å². The first-order chi connectivity index (χ1) is 18.3. The number of nitrogens with two attached hydrogens (primary N) is 1. The number of allylic oxidation sites excluding steroid dienone is 2. The summed E-state index contributed by atoms with van der Waals surface area (Å²) in [5.41, 5.74) is 7.88. The van der Waals surface area contributed by atoms with Crippen molar-refractivity contribution in [1.82, 2.24) is 15.1 Å². The number of piperazine rings is 1. The molecule has 2 amide bonds. The first kappa shape index (κ1) is 28.7. The number of hydrogen-bond donors (Lipinski definition) is 2. The third kappa shape index (κ3) is 7.63. The Hall–Kier alpha value is -2.31. The molecular weight excluding hydrogens is 496 g/mol. The summed E-state index contributed by atoms with van der Waals surface area (Å²) in [5, 5.41) is 4.32. The molecule has 3 unspecified atom stereocenters. The molecule has 0 radical (unpaired) electrons. The highest BCUT2D eigenvalue weighted by molar-refractivity contribution is 6.30. The average Bonchev–Trinajstić information content (AvgIpc) is 2.89. The van der Waals surface area contributed by atoms with E-state index in [1.54, 1.807) is 0 Å². The van der Waals surface area contributed by atoms with E-state index < -0.39 is 0 Å². The first-order valence-electron chi connectivity index (χ1n) is 14.5. The lowest BCUT2D eigenvalue weighted by Crippen LogP contribution is -2.58. The lowest BCUT2D eigenvalue weighted by Gasteiger charge is -2.47. The van der Waals surface area contributed by atoms with E-state index in [-0.39, 0.29) is 18.0 Å². The van der Waals surface area contributed by atoms with Crippen LogP contribution in [0.1, 0.15) is 76.8 Å². The van der Waals surface area contributed by atoms with Gasteiger partial charge in [0.2, 0.25) is 11.8 Å². The molecule has 1 aliphatic carbocycles. The van der Waals surface area contributed by atoms with Crippen LogP contribution in [0.3, 0.4) is 0 Å². The van der Waals surface area contributed by atoms with E-state index in [9.17, 15) is 9.59 Å². The molecule has 0 bridgehead atoms. The molecular formula is C31H45ClN4O2. The molecule has 3 N–H and O–H groups in total. The van der Waals surface area contributed by atoms with Crippen LogP contribution in [0.15, 0.2) is 48.2 Å². The van der Waals surface area contributed by atoms with E-state index in [0.717, 1.165) is 69.7 Å². The van der Waals surface area contributed by atoms with Gasteiger partial charge in [-0.25, -0.2) is 0 Å². The Morgan fingerprint density at radius 1 is 1.03 bits per heavy atom. The Kier molecular flexibility index (Phi) is 10.3. The van der Waals surface area contributed by atoms with Crippen LogP contribution in [-0.4, -0.2) is 53.8 Å². The molecule has 0 spiro atoms. The van der Waals surface area contributed by atoms with Crippen molar-refractivity contribution in [2.24, 2.45) is 23.5 Å². The number of halogens is 1. The molecule has 4 atom stereocenters. The largest absolute Gasteiger partial charge is 0.383 e. The first-order valence-corrected chi connectivity index (χ1v) is 14.9. The minimum absolute atomic E-state index is 0.100. The summed E-state index contributed by atoms with van der Waals surface area (Å²) >= 11 is 6.22. The molecule has 1 aromatic rings. The van der Waals surface area contributed by atoms with Gasteiger partial charge in [-0.1, -0.05) is 62.6 Å². The maximum atomic E-state index is 13.7. The van der Waals surface area contributed by atoms with E-state index in [0.29, 0.717) is 36.5 Å². The summed E-state index contributed by atoms with van der Waals surface area (Å²) in [6.45, 7) is 7.70. The molecule has 2 aliphatic heterocycles. The van der Waals surface area contributed by atoms with Crippen LogP contribution in [0.4, 0.5) is 0 Å². The fourth-order valence-corrected chi connectivity index (χ4v) is 6.65. The van der Waals surface area contributed by atoms with Gasteiger partial charge in [0.25, 0.3) is 0 Å². The average molecular weight is 541 g/mol. The van der Waals surface area contributed by atoms with Gasteiger partial charge in [0.15, 0.2) is 0 Å². The highest BCUT2D eigenvalue weighted by Crippen LogP contribution is 2.34. The summed E-state index contributed by atoms with van der Waals surface area (Å²) in [5.74, 6) is 1.22. The zero-order valence-electron chi connectivity index (χ0n) is 23.1. The Morgan fingerprint density at radius 3 is 2.32 bits per heavy atom. The molecule has 1 saturated carbocycles. The van der Waals surface area contributed by atoms with Gasteiger partial charge >= 0.3 is 0 Å². The zero-order valence-corrected chi connectivity index (χ0v) is 23.8. The normalized spacial score (nSPS) is 25.7. The minimum Gasteiger partial charge on any atom is -0.383 e. The van der Waals surface area contributed by atoms with Gasteiger partial charge < -0.3 is 16.0 Å². The summed E-state index contributed by atoms with van der Waals surface area (Å²) in [6, 6.07) is 8.44. The number of benzene rings is 1. The summed E-state index contributed by atoms with van der Waals surface area (Å²) in [7, 11) is 0. The predicted octanol–water partition coefficient (Wildman–Crippen LogP) is 5.45. The van der Waals surface area contributed by atoms with Crippen LogP contribution in [0.25, 0.3) is 0 Å². The highest BCUT2D eigenvalue weighted by Gasteiger charge is 2.37. The maximum absolute atomic E-state index is 13.7. The van der Waals surface area contributed by atoms with Crippen LogP contribution in [-0.2, 0) is 9.59 Å². The molecule has 0 aromatic heterocycles. The number of amides is 2. The number of rotatable bonds is 8. The smallest absolute Gasteiger partial charge is 0.223 e. The molecule has 208 valence electrons. The van der Waals surface area contributed by atoms with Crippen LogP contribution in [0.5, 0.6) is 0 Å². The van der Waals surface area contributed by atoms with Crippen LogP contribution in [0, 0.1) is 17.8 Å². The fourth-order valence-electron chi connectivity index (χ4n) is 6.53. The van der Waals surface area contributed by atoms with Crippen molar-refractivity contribution >= 4 is 23.4 Å². The number of carbonyl (C=O) groups is 2. The molecule has 7 heteroatoms. The van der Waals surface area contributed by atoms with E-state index in [4.69, 9.17) is 17.3 Å². The van der Waals surface area contributed by atoms with Crippen molar-refractivity contribution in [2.75, 3.05) is 26.2 Å². The molecule has 2 fully saturated rings. The van der Waals surface area contributed by atoms with Crippen LogP contribution in [0.2, 0.25) is 5.02 Å². The minimum atomic E-state index is -0.201. The van der Waals surface area contributed by atoms with Crippen LogP contribution >= 0.6 is 11.6 Å². The van der Waals surface area contributed by atoms with Gasteiger partial charge in [-0.3, -0.25) is 14.5 Å². The summed E-state index contributed by atoms with van der Waals surface area (Å²) in [6.07, 6.45) is 14.0. The number of primary amides is 1. The zero-order chi connectivity index (χ0) is 27.1. The quantitative estimate of drug-likeness (QED) is 0.460. The van der Waals surface area contributed by atoms with Gasteiger partial charge in [0.1, 0.15) is 0 Å². The second-order valence-electron chi connectivity index (χ2n) is 11.7. The Bertz CT molecular complexity index is 1010. The predicted molar refractivity (Wildman–Crippen MR) is 154 cm³/mol. The van der Waals surface area contributed by atoms with Crippen molar-refractivity contribution in [3.8, 4) is 0 Å². The van der Waals surface area contributed by atoms with Crippen molar-refractivity contribution < 1.29 is 9.59 Å². The lowest BCUT2D eigenvalue weighted by atomic mass is 9.82. The Labute approximate surface area is 233 Å². The third-order valence-electron chi connectivity index (χ3n) is 8.63. The van der Waals surface area contributed by atoms with E-state index in [1.807, 2.05) is 12.1 Å². The van der Waals surface area contributed by atoms with Gasteiger partial charge in [0, 0.05) is 55.8 Å². The number of nitrogens with zero attached hydrogens (tertiary/aromatic N) is 2. The molecule has 6 nitrogen and oxygen atoms in total. The molecule has 38 heavy (non-hydrogen) atoms. The van der Waals surface area contributed by atoms with Crippen LogP contribution < -0.4 is 11.1 Å². The van der Waals surface area contributed by atoms with Crippen molar-refractivity contribution in [3.05, 3.63) is 58.8 Å². The SMILES string of the molecule is CC(C)[C@H]1CN(C(C2=CC=CCN2)c2ccc(Cl)cc2)CCN1C(=O)CC1CCCCC(CC(N)=O)CC1. The fraction of sp³-hybridized carbons (Fsp3) is 0.613. The van der Waals surface area contributed by atoms with Gasteiger partial charge in [0.05, 0.1) is 6.04 Å². The van der Waals surface area contributed by atoms with Gasteiger partial charge in [-0.2, -0.15) is 0 Å².